The van der Waals surface area contributed by atoms with Crippen LogP contribution in [-0.2, 0) is 20.8 Å². The number of carbonyl (C=O) groups is 2. The number of nitrogens with one attached hydrogen (secondary N) is 3. The van der Waals surface area contributed by atoms with E-state index in [0.29, 0.717) is 22.4 Å². The fraction of sp³-hybridized carbons (Fsp3) is 0.333. The molecular formula is C33H36N6O6. The number of H-pyrrole nitrogens is 1. The normalized spacial score (nSPS) is 16.0. The minimum absolute atomic E-state index is 0.0894. The van der Waals surface area contributed by atoms with Gasteiger partial charge in [-0.3, -0.25) is 9.99 Å². The lowest BCUT2D eigenvalue weighted by atomic mass is 9.98. The highest BCUT2D eigenvalue weighted by molar-refractivity contribution is 6.04. The molecule has 0 saturated heterocycles. The molecule has 2 aliphatic rings. The molecule has 0 bridgehead atoms. The largest absolute Gasteiger partial charge is 0.510 e. The molecule has 0 radical (unpaired) electrons. The van der Waals surface area contributed by atoms with Crippen LogP contribution in [0.1, 0.15) is 67.4 Å². The second-order valence-electron chi connectivity index (χ2n) is 11.1. The van der Waals surface area contributed by atoms with Gasteiger partial charge in [0.2, 0.25) is 0 Å². The molecule has 1 aliphatic carbocycles. The number of ether oxygens (including phenoxy) is 3. The van der Waals surface area contributed by atoms with Gasteiger partial charge in [-0.15, -0.1) is 5.10 Å². The molecule has 1 aromatic heterocycles. The van der Waals surface area contributed by atoms with E-state index in [9.17, 15) is 14.4 Å². The summed E-state index contributed by atoms with van der Waals surface area (Å²) in [4.78, 5) is 40.6. The number of nitrogens with zero attached hydrogens (tertiary/aromatic N) is 3. The lowest BCUT2D eigenvalue weighted by Gasteiger charge is -2.25. The van der Waals surface area contributed by atoms with Crippen LogP contribution in [0.4, 0.5) is 4.79 Å². The van der Waals surface area contributed by atoms with Crippen LogP contribution in [0, 0.1) is 0 Å². The summed E-state index contributed by atoms with van der Waals surface area (Å²) in [7, 11) is 0. The van der Waals surface area contributed by atoms with E-state index >= 15 is 0 Å². The van der Waals surface area contributed by atoms with Crippen LogP contribution in [0.5, 0.6) is 0 Å². The van der Waals surface area contributed by atoms with Gasteiger partial charge in [0.1, 0.15) is 6.10 Å². The minimum Gasteiger partial charge on any atom is -0.462 e. The number of amidine groups is 1. The number of rotatable bonds is 9. The Morgan fingerprint density at radius 3 is 2.49 bits per heavy atom. The zero-order chi connectivity index (χ0) is 31.3. The van der Waals surface area contributed by atoms with Crippen LogP contribution in [0.3, 0.4) is 0 Å². The summed E-state index contributed by atoms with van der Waals surface area (Å²) < 4.78 is 17.7. The van der Waals surface area contributed by atoms with Gasteiger partial charge in [0, 0.05) is 5.56 Å². The summed E-state index contributed by atoms with van der Waals surface area (Å²) in [6.45, 7) is 3.98. The molecule has 12 nitrogen and oxygen atoms in total. The summed E-state index contributed by atoms with van der Waals surface area (Å²) in [5.74, 6) is 0.0854. The van der Waals surface area contributed by atoms with E-state index in [0.717, 1.165) is 47.9 Å². The third kappa shape index (κ3) is 6.55. The molecular weight excluding hydrogens is 576 g/mol. The second-order valence-corrected chi connectivity index (χ2v) is 11.1. The molecule has 45 heavy (non-hydrogen) atoms. The lowest BCUT2D eigenvalue weighted by molar-refractivity contribution is -0.0793. The molecule has 0 spiro atoms. The Hall–Kier alpha value is -5.10. The fourth-order valence-corrected chi connectivity index (χ4v) is 5.76. The Morgan fingerprint density at radius 1 is 0.978 bits per heavy atom. The first-order valence-electron chi connectivity index (χ1n) is 15.2. The summed E-state index contributed by atoms with van der Waals surface area (Å²) in [5, 5.41) is 5.93. The Bertz CT molecular complexity index is 1770. The van der Waals surface area contributed by atoms with Crippen LogP contribution in [0.15, 0.2) is 76.6 Å². The molecule has 3 N–H and O–H groups in total. The van der Waals surface area contributed by atoms with Crippen LogP contribution in [0.25, 0.3) is 22.2 Å². The number of imidazole rings is 1. The van der Waals surface area contributed by atoms with Gasteiger partial charge >= 0.3 is 17.8 Å². The van der Waals surface area contributed by atoms with Crippen molar-refractivity contribution in [2.24, 2.45) is 5.10 Å². The van der Waals surface area contributed by atoms with Crippen molar-refractivity contribution in [1.82, 2.24) is 25.6 Å². The van der Waals surface area contributed by atoms with Crippen molar-refractivity contribution in [2.45, 2.75) is 64.8 Å². The van der Waals surface area contributed by atoms with Gasteiger partial charge in [-0.25, -0.2) is 19.9 Å². The van der Waals surface area contributed by atoms with E-state index in [-0.39, 0.29) is 24.9 Å². The standard InChI is InChI=1S/C33H36N6O6/c1-3-43-31(40)27-14-9-15-28-29(27)38(32(41)34-28)20-22-16-18-23(19-17-22)25-12-7-8-13-26(25)30-35-37-39(36-30)21(2)44-33(42)45-24-10-5-4-6-11-24/h7-9,12-19,21,24,37H,3-6,10-11,20H2,1-2H3,(H,34,41)(H,35,36). The number of carbonyl (C=O) groups excluding carboxylic acids is 2. The second kappa shape index (κ2) is 13.3. The molecule has 1 aliphatic heterocycles. The minimum atomic E-state index is -0.695. The van der Waals surface area contributed by atoms with Gasteiger partial charge in [0.15, 0.2) is 12.1 Å². The lowest BCUT2D eigenvalue weighted by Crippen LogP contribution is -2.49. The number of para-hydroxylation sites is 1. The highest BCUT2D eigenvalue weighted by atomic mass is 16.7. The number of benzene rings is 3. The van der Waals surface area contributed by atoms with Gasteiger partial charge in [-0.2, -0.15) is 0 Å². The highest BCUT2D eigenvalue weighted by Gasteiger charge is 2.27. The van der Waals surface area contributed by atoms with E-state index < -0.39 is 18.4 Å². The van der Waals surface area contributed by atoms with Crippen molar-refractivity contribution in [3.05, 3.63) is 93.9 Å². The van der Waals surface area contributed by atoms with E-state index in [1.165, 1.54) is 11.5 Å². The van der Waals surface area contributed by atoms with Gasteiger partial charge < -0.3 is 19.2 Å². The molecule has 3 aromatic carbocycles. The highest BCUT2D eigenvalue weighted by Crippen LogP contribution is 2.26. The zero-order valence-electron chi connectivity index (χ0n) is 25.2. The predicted molar refractivity (Wildman–Crippen MR) is 168 cm³/mol. The van der Waals surface area contributed by atoms with E-state index in [1.54, 1.807) is 36.6 Å². The summed E-state index contributed by atoms with van der Waals surface area (Å²) in [5.41, 5.74) is 10.8. The molecule has 1 unspecified atom stereocenters. The third-order valence-electron chi connectivity index (χ3n) is 8.02. The Morgan fingerprint density at radius 2 is 1.73 bits per heavy atom. The predicted octanol–water partition coefficient (Wildman–Crippen LogP) is 5.04. The van der Waals surface area contributed by atoms with Gasteiger partial charge in [0.25, 0.3) is 0 Å². The number of aromatic nitrogens is 2. The van der Waals surface area contributed by atoms with Crippen molar-refractivity contribution in [2.75, 3.05) is 6.61 Å². The Kier molecular flexibility index (Phi) is 8.83. The van der Waals surface area contributed by atoms with Crippen molar-refractivity contribution in [1.29, 1.82) is 0 Å². The number of fused-ring (bicyclic) bond motifs is 1. The first-order chi connectivity index (χ1) is 21.9. The maximum atomic E-state index is 12.9. The summed E-state index contributed by atoms with van der Waals surface area (Å²) in [6.07, 6.45) is 3.55. The Labute approximate surface area is 259 Å². The van der Waals surface area contributed by atoms with E-state index in [2.05, 4.69) is 21.0 Å². The summed E-state index contributed by atoms with van der Waals surface area (Å²) in [6, 6.07) is 20.8. The van der Waals surface area contributed by atoms with Crippen LogP contribution in [-0.4, -0.2) is 51.6 Å². The average molecular weight is 613 g/mol. The monoisotopic (exact) mass is 612 g/mol. The molecule has 1 fully saturated rings. The number of hydrazone groups is 1. The molecule has 234 valence electrons. The van der Waals surface area contributed by atoms with Crippen LogP contribution in [0.2, 0.25) is 0 Å². The average Bonchev–Trinajstić information content (AvgIpc) is 3.67. The van der Waals surface area contributed by atoms with Gasteiger partial charge in [-0.05, 0) is 68.4 Å². The number of esters is 1. The molecule has 1 saturated carbocycles. The molecule has 1 atom stereocenters. The molecule has 2 heterocycles. The Balaban J connectivity index is 1.15. The third-order valence-corrected chi connectivity index (χ3v) is 8.02. The van der Waals surface area contributed by atoms with Gasteiger partial charge in [-0.1, -0.05) is 66.1 Å². The molecule has 0 amide bonds. The van der Waals surface area contributed by atoms with E-state index in [4.69, 9.17) is 14.2 Å². The van der Waals surface area contributed by atoms with Crippen molar-refractivity contribution < 1.29 is 23.8 Å². The summed E-state index contributed by atoms with van der Waals surface area (Å²) >= 11 is 0. The first-order valence-corrected chi connectivity index (χ1v) is 15.2. The number of aromatic amines is 1. The molecule has 4 aromatic rings. The maximum Gasteiger partial charge on any atom is 0.510 e. The number of hydrazine groups is 2. The first kappa shape index (κ1) is 29.9. The number of hydrogen-bond acceptors (Lipinski definition) is 10. The quantitative estimate of drug-likeness (QED) is 0.222. The van der Waals surface area contributed by atoms with Crippen LogP contribution < -0.4 is 16.7 Å². The fourth-order valence-electron chi connectivity index (χ4n) is 5.76. The maximum absolute atomic E-state index is 12.9. The van der Waals surface area contributed by atoms with E-state index in [1.807, 2.05) is 48.5 Å². The topological polar surface area (TPSA) is 139 Å². The number of hydrogen-bond donors (Lipinski definition) is 3. The van der Waals surface area contributed by atoms with Gasteiger partial charge in [0.05, 0.1) is 29.7 Å². The zero-order valence-corrected chi connectivity index (χ0v) is 25.2. The van der Waals surface area contributed by atoms with Crippen LogP contribution >= 0.6 is 0 Å². The van der Waals surface area contributed by atoms with Crippen molar-refractivity contribution in [3.63, 3.8) is 0 Å². The molecule has 6 rings (SSSR count). The smallest absolute Gasteiger partial charge is 0.462 e. The van der Waals surface area contributed by atoms with Crippen molar-refractivity contribution >= 4 is 29.0 Å². The molecule has 12 heteroatoms. The van der Waals surface area contributed by atoms with Crippen molar-refractivity contribution in [3.8, 4) is 11.1 Å². The SMILES string of the molecule is CCOC(=O)c1cccc2[nH]c(=O)n(Cc3ccc(-c4ccccc4C4=NNN(C(C)OC(=O)OC5CCCCC5)N4)cc3)c12.